The molecule has 1 aromatic heterocycles. The Labute approximate surface area is 97.9 Å². The minimum absolute atomic E-state index is 0.103. The van der Waals surface area contributed by atoms with E-state index < -0.39 is 5.97 Å². The summed E-state index contributed by atoms with van der Waals surface area (Å²) in [4.78, 5) is 11.0. The molecule has 88 valence electrons. The molecule has 0 aliphatic heterocycles. The van der Waals surface area contributed by atoms with E-state index >= 15 is 0 Å². The fourth-order valence-electron chi connectivity index (χ4n) is 1.69. The van der Waals surface area contributed by atoms with Gasteiger partial charge < -0.3 is 10.2 Å². The molecule has 1 heterocycles. The molecule has 0 fully saturated rings. The summed E-state index contributed by atoms with van der Waals surface area (Å²) in [6.07, 6.45) is 0.417. The van der Waals surface area contributed by atoms with Crippen LogP contribution in [0.5, 0.6) is 5.88 Å². The number of nitrogens with zero attached hydrogens (tertiary/aromatic N) is 2. The summed E-state index contributed by atoms with van der Waals surface area (Å²) >= 11 is 0. The molecule has 0 saturated heterocycles. The van der Waals surface area contributed by atoms with Crippen molar-refractivity contribution < 1.29 is 15.0 Å². The van der Waals surface area contributed by atoms with Crippen LogP contribution in [-0.2, 0) is 6.42 Å². The number of hydrogen-bond acceptors (Lipinski definition) is 3. The molecular formula is C12H12N2O3. The third-order valence-corrected chi connectivity index (χ3v) is 2.51. The first kappa shape index (κ1) is 11.2. The Kier molecular flexibility index (Phi) is 2.82. The van der Waals surface area contributed by atoms with E-state index in [0.717, 1.165) is 0 Å². The van der Waals surface area contributed by atoms with Crippen LogP contribution in [0.15, 0.2) is 30.3 Å². The summed E-state index contributed by atoms with van der Waals surface area (Å²) in [7, 11) is 0. The lowest BCUT2D eigenvalue weighted by Gasteiger charge is -2.02. The van der Waals surface area contributed by atoms with Crippen LogP contribution >= 0.6 is 0 Å². The Morgan fingerprint density at radius 2 is 2.00 bits per heavy atom. The average Bonchev–Trinajstić information content (AvgIpc) is 2.67. The minimum atomic E-state index is -1.13. The molecule has 2 aromatic rings. The Hall–Kier alpha value is -2.30. The van der Waals surface area contributed by atoms with Crippen molar-refractivity contribution in [3.63, 3.8) is 0 Å². The zero-order valence-electron chi connectivity index (χ0n) is 9.29. The highest BCUT2D eigenvalue weighted by molar-refractivity contribution is 5.88. The fourth-order valence-corrected chi connectivity index (χ4v) is 1.69. The Morgan fingerprint density at radius 1 is 1.35 bits per heavy atom. The predicted molar refractivity (Wildman–Crippen MR) is 61.6 cm³/mol. The molecule has 1 aromatic carbocycles. The zero-order chi connectivity index (χ0) is 12.4. The second-order valence-electron chi connectivity index (χ2n) is 3.56. The summed E-state index contributed by atoms with van der Waals surface area (Å²) in [5, 5.41) is 22.9. The number of carboxylic acid groups (broad SMARTS) is 1. The molecule has 5 heteroatoms. The lowest BCUT2D eigenvalue weighted by molar-refractivity contribution is 0.0688. The van der Waals surface area contributed by atoms with Crippen LogP contribution in [0.25, 0.3) is 5.69 Å². The molecule has 17 heavy (non-hydrogen) atoms. The van der Waals surface area contributed by atoms with Gasteiger partial charge in [0.05, 0.1) is 5.69 Å². The summed E-state index contributed by atoms with van der Waals surface area (Å²) in [5.41, 5.74) is 0.877. The van der Waals surface area contributed by atoms with Gasteiger partial charge >= 0.3 is 5.97 Å². The molecule has 0 bridgehead atoms. The van der Waals surface area contributed by atoms with Crippen LogP contribution in [0, 0.1) is 0 Å². The van der Waals surface area contributed by atoms with E-state index in [1.54, 1.807) is 31.2 Å². The fraction of sp³-hybridized carbons (Fsp3) is 0.167. The van der Waals surface area contributed by atoms with E-state index in [9.17, 15) is 9.90 Å². The number of carboxylic acids is 1. The van der Waals surface area contributed by atoms with Gasteiger partial charge in [0.25, 0.3) is 0 Å². The normalized spacial score (nSPS) is 10.4. The maximum atomic E-state index is 11.0. The monoisotopic (exact) mass is 232 g/mol. The number of aromatic nitrogens is 2. The topological polar surface area (TPSA) is 75.3 Å². The molecule has 5 nitrogen and oxygen atoms in total. The van der Waals surface area contributed by atoms with Crippen LogP contribution in [0.1, 0.15) is 23.0 Å². The van der Waals surface area contributed by atoms with Gasteiger partial charge in [0.1, 0.15) is 0 Å². The van der Waals surface area contributed by atoms with Crippen molar-refractivity contribution in [2.24, 2.45) is 0 Å². The van der Waals surface area contributed by atoms with Gasteiger partial charge in [0.2, 0.25) is 5.88 Å². The average molecular weight is 232 g/mol. The van der Waals surface area contributed by atoms with Crippen molar-refractivity contribution in [3.8, 4) is 11.6 Å². The highest BCUT2D eigenvalue weighted by atomic mass is 16.4. The molecule has 0 saturated carbocycles. The van der Waals surface area contributed by atoms with E-state index in [1.807, 2.05) is 6.07 Å². The molecular weight excluding hydrogens is 220 g/mol. The van der Waals surface area contributed by atoms with Gasteiger partial charge in [-0.2, -0.15) is 5.10 Å². The standard InChI is InChI=1S/C12H12N2O3/c1-2-9-10(12(16)17)13-14(11(9)15)8-6-4-3-5-7-8/h3-7,15H,2H2,1H3,(H,16,17). The first-order chi connectivity index (χ1) is 8.15. The van der Waals surface area contributed by atoms with Crippen LogP contribution < -0.4 is 0 Å². The van der Waals surface area contributed by atoms with Crippen LogP contribution in [-0.4, -0.2) is 26.0 Å². The van der Waals surface area contributed by atoms with Gasteiger partial charge in [0.15, 0.2) is 5.69 Å². The first-order valence-corrected chi connectivity index (χ1v) is 5.24. The first-order valence-electron chi connectivity index (χ1n) is 5.24. The molecule has 2 rings (SSSR count). The van der Waals surface area contributed by atoms with Gasteiger partial charge in [-0.05, 0) is 18.6 Å². The van der Waals surface area contributed by atoms with Gasteiger partial charge in [-0.3, -0.25) is 0 Å². The van der Waals surface area contributed by atoms with Gasteiger partial charge in [-0.25, -0.2) is 9.48 Å². The number of para-hydroxylation sites is 1. The van der Waals surface area contributed by atoms with Crippen molar-refractivity contribution in [1.29, 1.82) is 0 Å². The van der Waals surface area contributed by atoms with Gasteiger partial charge in [0, 0.05) is 5.56 Å². The Bertz CT molecular complexity index is 546. The maximum absolute atomic E-state index is 11.0. The summed E-state index contributed by atoms with van der Waals surface area (Å²) < 4.78 is 1.24. The minimum Gasteiger partial charge on any atom is -0.493 e. The number of rotatable bonds is 3. The maximum Gasteiger partial charge on any atom is 0.356 e. The third-order valence-electron chi connectivity index (χ3n) is 2.51. The van der Waals surface area contributed by atoms with Crippen molar-refractivity contribution in [3.05, 3.63) is 41.6 Å². The summed E-state index contributed by atoms with van der Waals surface area (Å²) in [5.74, 6) is -1.25. The number of aromatic carboxylic acids is 1. The predicted octanol–water partition coefficient (Wildman–Crippen LogP) is 1.84. The van der Waals surface area contributed by atoms with Gasteiger partial charge in [-0.1, -0.05) is 25.1 Å². The highest BCUT2D eigenvalue weighted by Gasteiger charge is 2.21. The number of aromatic hydroxyl groups is 1. The largest absolute Gasteiger partial charge is 0.493 e. The van der Waals surface area contributed by atoms with Gasteiger partial charge in [-0.15, -0.1) is 0 Å². The molecule has 2 N–H and O–H groups in total. The second kappa shape index (κ2) is 4.29. The smallest absolute Gasteiger partial charge is 0.356 e. The summed E-state index contributed by atoms with van der Waals surface area (Å²) in [6, 6.07) is 8.92. The van der Waals surface area contributed by atoms with Crippen molar-refractivity contribution in [1.82, 2.24) is 9.78 Å². The number of carbonyl (C=O) groups is 1. The number of hydrogen-bond donors (Lipinski definition) is 2. The third kappa shape index (κ3) is 1.87. The zero-order valence-corrected chi connectivity index (χ0v) is 9.29. The van der Waals surface area contributed by atoms with Crippen molar-refractivity contribution in [2.45, 2.75) is 13.3 Å². The van der Waals surface area contributed by atoms with Crippen LogP contribution in [0.2, 0.25) is 0 Å². The quantitative estimate of drug-likeness (QED) is 0.846. The summed E-state index contributed by atoms with van der Waals surface area (Å²) in [6.45, 7) is 1.78. The second-order valence-corrected chi connectivity index (χ2v) is 3.56. The molecule has 0 spiro atoms. The van der Waals surface area contributed by atoms with E-state index in [-0.39, 0.29) is 11.6 Å². The number of benzene rings is 1. The van der Waals surface area contributed by atoms with E-state index in [4.69, 9.17) is 5.11 Å². The Morgan fingerprint density at radius 3 is 2.47 bits per heavy atom. The molecule has 0 aliphatic rings. The van der Waals surface area contributed by atoms with E-state index in [1.165, 1.54) is 4.68 Å². The lowest BCUT2D eigenvalue weighted by Crippen LogP contribution is -2.02. The van der Waals surface area contributed by atoms with Crippen molar-refractivity contribution >= 4 is 5.97 Å². The molecule has 0 atom stereocenters. The highest BCUT2D eigenvalue weighted by Crippen LogP contribution is 2.25. The molecule has 0 aliphatic carbocycles. The molecule has 0 amide bonds. The Balaban J connectivity index is 2.61. The SMILES string of the molecule is CCc1c(C(=O)O)nn(-c2ccccc2)c1O. The molecule has 0 radical (unpaired) electrons. The van der Waals surface area contributed by atoms with E-state index in [0.29, 0.717) is 17.7 Å². The lowest BCUT2D eigenvalue weighted by atomic mass is 10.2. The van der Waals surface area contributed by atoms with Crippen LogP contribution in [0.4, 0.5) is 0 Å². The van der Waals surface area contributed by atoms with E-state index in [2.05, 4.69) is 5.10 Å². The van der Waals surface area contributed by atoms with Crippen LogP contribution in [0.3, 0.4) is 0 Å². The van der Waals surface area contributed by atoms with Crippen molar-refractivity contribution in [2.75, 3.05) is 0 Å². The molecule has 0 unspecified atom stereocenters.